The van der Waals surface area contributed by atoms with Crippen molar-refractivity contribution in [3.63, 3.8) is 0 Å². The third kappa shape index (κ3) is 3.80. The molecule has 3 heteroatoms. The van der Waals surface area contributed by atoms with Crippen LogP contribution in [-0.2, 0) is 0 Å². The second-order valence-electron chi connectivity index (χ2n) is 5.75. The van der Waals surface area contributed by atoms with Crippen LogP contribution in [0.4, 0.5) is 0 Å². The molecule has 3 N–H and O–H groups in total. The average Bonchev–Trinajstić information content (AvgIpc) is 2.25. The normalized spacial score (nSPS) is 13.7. The van der Waals surface area contributed by atoms with E-state index in [9.17, 15) is 10.2 Å². The summed E-state index contributed by atoms with van der Waals surface area (Å²) in [6, 6.07) is 4.17. The molecule has 1 rings (SSSR count). The molecule has 0 spiro atoms. The van der Waals surface area contributed by atoms with Gasteiger partial charge in [-0.15, -0.1) is 0 Å². The van der Waals surface area contributed by atoms with Gasteiger partial charge in [0, 0.05) is 12.1 Å². The summed E-state index contributed by atoms with van der Waals surface area (Å²) in [5, 5.41) is 22.6. The van der Waals surface area contributed by atoms with Crippen molar-refractivity contribution >= 4 is 0 Å². The van der Waals surface area contributed by atoms with E-state index in [1.165, 1.54) is 5.56 Å². The first kappa shape index (κ1) is 15.2. The predicted octanol–water partition coefficient (Wildman–Crippen LogP) is 2.01. The van der Waals surface area contributed by atoms with E-state index in [4.69, 9.17) is 0 Å². The van der Waals surface area contributed by atoms with Crippen molar-refractivity contribution in [3.8, 4) is 0 Å². The topological polar surface area (TPSA) is 52.5 Å². The lowest BCUT2D eigenvalue weighted by molar-refractivity contribution is 0.135. The lowest BCUT2D eigenvalue weighted by Gasteiger charge is -2.26. The molecule has 0 saturated carbocycles. The molecule has 3 nitrogen and oxygen atoms in total. The van der Waals surface area contributed by atoms with E-state index in [-0.39, 0.29) is 12.1 Å². The summed E-state index contributed by atoms with van der Waals surface area (Å²) in [5.41, 5.74) is 4.06. The largest absolute Gasteiger partial charge is 0.394 e. The van der Waals surface area contributed by atoms with Gasteiger partial charge in [0.25, 0.3) is 0 Å². The maximum absolute atomic E-state index is 10.3. The highest BCUT2D eigenvalue weighted by atomic mass is 16.3. The van der Waals surface area contributed by atoms with Crippen LogP contribution in [0.2, 0.25) is 0 Å². The van der Waals surface area contributed by atoms with Crippen LogP contribution in [0.3, 0.4) is 0 Å². The Morgan fingerprint density at radius 2 is 1.67 bits per heavy atom. The summed E-state index contributed by atoms with van der Waals surface area (Å²) in [6.45, 7) is 10.4. The number of hydrogen-bond donors (Lipinski definition) is 3. The molecule has 0 aromatic heterocycles. The summed E-state index contributed by atoms with van der Waals surface area (Å²) in [4.78, 5) is 0. The molecule has 1 aromatic rings. The van der Waals surface area contributed by atoms with E-state index < -0.39 is 6.10 Å². The highest BCUT2D eigenvalue weighted by Crippen LogP contribution is 2.23. The summed E-state index contributed by atoms with van der Waals surface area (Å²) in [6.07, 6.45) is -0.545. The Hall–Kier alpha value is -0.900. The van der Waals surface area contributed by atoms with Crippen LogP contribution < -0.4 is 5.32 Å². The van der Waals surface area contributed by atoms with Gasteiger partial charge in [0.05, 0.1) is 12.7 Å². The highest BCUT2D eigenvalue weighted by molar-refractivity contribution is 5.39. The van der Waals surface area contributed by atoms with Crippen LogP contribution in [0.5, 0.6) is 0 Å². The third-order valence-electron chi connectivity index (χ3n) is 3.24. The molecule has 0 fully saturated rings. The van der Waals surface area contributed by atoms with Crippen LogP contribution in [-0.4, -0.2) is 28.9 Å². The fourth-order valence-corrected chi connectivity index (χ4v) is 2.25. The summed E-state index contributed by atoms with van der Waals surface area (Å²) >= 11 is 0. The molecule has 0 radical (unpaired) electrons. The van der Waals surface area contributed by atoms with Gasteiger partial charge in [0.1, 0.15) is 0 Å². The lowest BCUT2D eigenvalue weighted by atomic mass is 9.95. The SMILES string of the molecule is Cc1cc(C)c(C(O)CNC(C)(C)CO)c(C)c1. The van der Waals surface area contributed by atoms with E-state index >= 15 is 0 Å². The first-order chi connectivity index (χ1) is 8.26. The lowest BCUT2D eigenvalue weighted by Crippen LogP contribution is -2.44. The molecule has 1 unspecified atom stereocenters. The minimum absolute atomic E-state index is 0.0472. The number of hydrogen-bond acceptors (Lipinski definition) is 3. The molecule has 1 atom stereocenters. The van der Waals surface area contributed by atoms with Gasteiger partial charge in [0.2, 0.25) is 0 Å². The van der Waals surface area contributed by atoms with E-state index in [0.29, 0.717) is 6.54 Å². The van der Waals surface area contributed by atoms with Crippen molar-refractivity contribution in [1.82, 2.24) is 5.32 Å². The Kier molecular flexibility index (Phi) is 4.91. The number of β-amino-alcohol motifs (C(OH)–C–C–N with tert-alkyl or cyclic N) is 1. The smallest absolute Gasteiger partial charge is 0.0919 e. The molecule has 0 amide bonds. The zero-order valence-electron chi connectivity index (χ0n) is 12.0. The van der Waals surface area contributed by atoms with Crippen LogP contribution in [0, 0.1) is 20.8 Å². The van der Waals surface area contributed by atoms with Crippen molar-refractivity contribution in [3.05, 3.63) is 34.4 Å². The van der Waals surface area contributed by atoms with E-state index in [1.54, 1.807) is 0 Å². The maximum Gasteiger partial charge on any atom is 0.0919 e. The molecular weight excluding hydrogens is 226 g/mol. The van der Waals surface area contributed by atoms with Gasteiger partial charge in [-0.3, -0.25) is 0 Å². The zero-order chi connectivity index (χ0) is 13.9. The summed E-state index contributed by atoms with van der Waals surface area (Å²) < 4.78 is 0. The first-order valence-electron chi connectivity index (χ1n) is 6.38. The highest BCUT2D eigenvalue weighted by Gasteiger charge is 2.19. The minimum Gasteiger partial charge on any atom is -0.394 e. The quantitative estimate of drug-likeness (QED) is 0.750. The molecule has 0 aliphatic heterocycles. The fourth-order valence-electron chi connectivity index (χ4n) is 2.25. The minimum atomic E-state index is -0.545. The Balaban J connectivity index is 2.82. The Bertz CT molecular complexity index is 390. The second kappa shape index (κ2) is 5.83. The van der Waals surface area contributed by atoms with Gasteiger partial charge in [-0.1, -0.05) is 17.7 Å². The standard InChI is InChI=1S/C15H25NO2/c1-10-6-11(2)14(12(3)7-10)13(18)8-16-15(4,5)9-17/h6-7,13,16-18H,8-9H2,1-5H3. The Morgan fingerprint density at radius 3 is 2.11 bits per heavy atom. The van der Waals surface area contributed by atoms with Gasteiger partial charge in [-0.05, 0) is 51.3 Å². The molecule has 0 aliphatic carbocycles. The third-order valence-corrected chi connectivity index (χ3v) is 3.24. The number of benzene rings is 1. The molecule has 0 heterocycles. The van der Waals surface area contributed by atoms with E-state index in [0.717, 1.165) is 16.7 Å². The van der Waals surface area contributed by atoms with Crippen LogP contribution in [0.1, 0.15) is 42.2 Å². The van der Waals surface area contributed by atoms with Gasteiger partial charge in [-0.2, -0.15) is 0 Å². The summed E-state index contributed by atoms with van der Waals surface area (Å²) in [5.74, 6) is 0. The Morgan fingerprint density at radius 1 is 1.17 bits per heavy atom. The zero-order valence-corrected chi connectivity index (χ0v) is 12.0. The van der Waals surface area contributed by atoms with Crippen LogP contribution in [0.15, 0.2) is 12.1 Å². The molecule has 1 aromatic carbocycles. The molecular formula is C15H25NO2. The van der Waals surface area contributed by atoms with Crippen LogP contribution in [0.25, 0.3) is 0 Å². The first-order valence-corrected chi connectivity index (χ1v) is 6.38. The molecule has 18 heavy (non-hydrogen) atoms. The number of aliphatic hydroxyl groups excluding tert-OH is 2. The van der Waals surface area contributed by atoms with Gasteiger partial charge in [-0.25, -0.2) is 0 Å². The van der Waals surface area contributed by atoms with E-state index in [1.807, 2.05) is 27.7 Å². The summed E-state index contributed by atoms with van der Waals surface area (Å²) in [7, 11) is 0. The van der Waals surface area contributed by atoms with Gasteiger partial charge >= 0.3 is 0 Å². The maximum atomic E-state index is 10.3. The van der Waals surface area contributed by atoms with Gasteiger partial charge < -0.3 is 15.5 Å². The van der Waals surface area contributed by atoms with Crippen molar-refractivity contribution < 1.29 is 10.2 Å². The fraction of sp³-hybridized carbons (Fsp3) is 0.600. The molecule has 0 saturated heterocycles. The molecule has 0 bridgehead atoms. The van der Waals surface area contributed by atoms with Gasteiger partial charge in [0.15, 0.2) is 0 Å². The average molecular weight is 251 g/mol. The van der Waals surface area contributed by atoms with Crippen molar-refractivity contribution in [2.75, 3.05) is 13.2 Å². The number of nitrogens with one attached hydrogen (secondary N) is 1. The number of rotatable bonds is 5. The molecule has 0 aliphatic rings. The monoisotopic (exact) mass is 251 g/mol. The van der Waals surface area contributed by atoms with Crippen molar-refractivity contribution in [2.45, 2.75) is 46.3 Å². The second-order valence-corrected chi connectivity index (χ2v) is 5.75. The van der Waals surface area contributed by atoms with Crippen molar-refractivity contribution in [1.29, 1.82) is 0 Å². The number of aliphatic hydroxyl groups is 2. The van der Waals surface area contributed by atoms with E-state index in [2.05, 4.69) is 24.4 Å². The molecule has 102 valence electrons. The predicted molar refractivity (Wildman–Crippen MR) is 74.8 cm³/mol. The van der Waals surface area contributed by atoms with Crippen LogP contribution >= 0.6 is 0 Å². The number of aryl methyl sites for hydroxylation is 3. The Labute approximate surface area is 110 Å². The van der Waals surface area contributed by atoms with Crippen molar-refractivity contribution in [2.24, 2.45) is 0 Å².